The highest BCUT2D eigenvalue weighted by Gasteiger charge is 2.30. The smallest absolute Gasteiger partial charge is 0.328 e. The molecule has 1 atom stereocenters. The monoisotopic (exact) mass is 319 g/mol. The quantitative estimate of drug-likeness (QED) is 0.828. The van der Waals surface area contributed by atoms with E-state index in [4.69, 9.17) is 4.74 Å². The van der Waals surface area contributed by atoms with Crippen LogP contribution >= 0.6 is 0 Å². The summed E-state index contributed by atoms with van der Waals surface area (Å²) >= 11 is 0. The maximum atomic E-state index is 12.5. The van der Waals surface area contributed by atoms with Crippen LogP contribution in [0.3, 0.4) is 0 Å². The van der Waals surface area contributed by atoms with Crippen LogP contribution < -0.4 is 15.5 Å². The molecule has 0 spiro atoms. The lowest BCUT2D eigenvalue weighted by Crippen LogP contribution is -2.52. The molecule has 0 bridgehead atoms. The number of carbonyl (C=O) groups is 3. The molecule has 1 aliphatic rings. The fraction of sp³-hybridized carbons (Fsp3) is 0.438. The highest BCUT2D eigenvalue weighted by Crippen LogP contribution is 2.28. The Balaban J connectivity index is 2.19. The largest absolute Gasteiger partial charge is 0.467 e. The second kappa shape index (κ2) is 7.13. The molecule has 0 aromatic heterocycles. The number of urea groups is 1. The topological polar surface area (TPSA) is 87.7 Å². The lowest BCUT2D eigenvalue weighted by Gasteiger charge is -2.30. The van der Waals surface area contributed by atoms with Crippen molar-refractivity contribution in [2.45, 2.75) is 26.3 Å². The van der Waals surface area contributed by atoms with Crippen LogP contribution in [-0.4, -0.2) is 37.6 Å². The van der Waals surface area contributed by atoms with Crippen LogP contribution in [0.1, 0.15) is 20.3 Å². The van der Waals surface area contributed by atoms with Gasteiger partial charge in [-0.05, 0) is 24.5 Å². The molecule has 7 nitrogen and oxygen atoms in total. The number of nitrogens with zero attached hydrogens (tertiary/aromatic N) is 1. The average molecular weight is 319 g/mol. The number of anilines is 2. The van der Waals surface area contributed by atoms with E-state index in [0.717, 1.165) is 0 Å². The summed E-state index contributed by atoms with van der Waals surface area (Å²) in [5.74, 6) is -0.574. The first kappa shape index (κ1) is 16.8. The predicted molar refractivity (Wildman–Crippen MR) is 86.2 cm³/mol. The molecule has 7 heteroatoms. The first-order chi connectivity index (χ1) is 10.9. The van der Waals surface area contributed by atoms with E-state index in [-0.39, 0.29) is 18.4 Å². The minimum Gasteiger partial charge on any atom is -0.467 e. The molecule has 0 saturated heterocycles. The van der Waals surface area contributed by atoms with E-state index in [2.05, 4.69) is 10.6 Å². The number of nitrogens with one attached hydrogen (secondary N) is 2. The molecule has 0 fully saturated rings. The molecule has 2 rings (SSSR count). The van der Waals surface area contributed by atoms with Crippen LogP contribution in [0.25, 0.3) is 0 Å². The molecule has 2 N–H and O–H groups in total. The first-order valence-electron chi connectivity index (χ1n) is 7.47. The van der Waals surface area contributed by atoms with E-state index in [9.17, 15) is 14.4 Å². The third-order valence-electron chi connectivity index (χ3n) is 3.51. The van der Waals surface area contributed by atoms with Gasteiger partial charge in [-0.1, -0.05) is 26.0 Å². The van der Waals surface area contributed by atoms with Gasteiger partial charge in [-0.25, -0.2) is 9.59 Å². The highest BCUT2D eigenvalue weighted by atomic mass is 16.5. The fourth-order valence-electron chi connectivity index (χ4n) is 2.47. The molecule has 1 heterocycles. The lowest BCUT2D eigenvalue weighted by molar-refractivity contribution is -0.143. The summed E-state index contributed by atoms with van der Waals surface area (Å²) in [5.41, 5.74) is 1.16. The van der Waals surface area contributed by atoms with Gasteiger partial charge in [0.15, 0.2) is 0 Å². The molecule has 1 aromatic carbocycles. The Bertz CT molecular complexity index is 615. The Labute approximate surface area is 135 Å². The number of para-hydroxylation sites is 2. The SMILES string of the molecule is COC(=O)[C@H](CC(C)C)NC(=O)N1CC(=O)Nc2ccccc21. The van der Waals surface area contributed by atoms with Gasteiger partial charge in [0.05, 0.1) is 18.5 Å². The number of carbonyl (C=O) groups excluding carboxylic acids is 3. The van der Waals surface area contributed by atoms with Gasteiger partial charge in [0.2, 0.25) is 5.91 Å². The van der Waals surface area contributed by atoms with Gasteiger partial charge in [0.25, 0.3) is 0 Å². The summed E-state index contributed by atoms with van der Waals surface area (Å²) in [7, 11) is 1.28. The number of esters is 1. The number of hydrogen-bond donors (Lipinski definition) is 2. The van der Waals surface area contributed by atoms with Crippen LogP contribution in [0.15, 0.2) is 24.3 Å². The maximum absolute atomic E-state index is 12.5. The molecule has 0 aliphatic carbocycles. The first-order valence-corrected chi connectivity index (χ1v) is 7.47. The van der Waals surface area contributed by atoms with Crippen LogP contribution in [0.2, 0.25) is 0 Å². The average Bonchev–Trinajstić information content (AvgIpc) is 2.52. The fourth-order valence-corrected chi connectivity index (χ4v) is 2.47. The van der Waals surface area contributed by atoms with Crippen LogP contribution in [-0.2, 0) is 14.3 Å². The van der Waals surface area contributed by atoms with Gasteiger partial charge in [-0.3, -0.25) is 9.69 Å². The van der Waals surface area contributed by atoms with Crippen molar-refractivity contribution in [3.8, 4) is 0 Å². The zero-order chi connectivity index (χ0) is 17.0. The number of benzene rings is 1. The van der Waals surface area contributed by atoms with Gasteiger partial charge in [-0.2, -0.15) is 0 Å². The third kappa shape index (κ3) is 4.00. The summed E-state index contributed by atoms with van der Waals surface area (Å²) in [4.78, 5) is 37.5. The van der Waals surface area contributed by atoms with Crippen LogP contribution in [0.5, 0.6) is 0 Å². The lowest BCUT2D eigenvalue weighted by atomic mass is 10.0. The van der Waals surface area contributed by atoms with Crippen molar-refractivity contribution in [3.05, 3.63) is 24.3 Å². The number of methoxy groups -OCH3 is 1. The molecule has 1 aliphatic heterocycles. The van der Waals surface area contributed by atoms with Gasteiger partial charge in [0.1, 0.15) is 12.6 Å². The van der Waals surface area contributed by atoms with E-state index >= 15 is 0 Å². The Morgan fingerprint density at radius 1 is 1.35 bits per heavy atom. The number of fused-ring (bicyclic) bond motifs is 1. The molecule has 3 amide bonds. The number of hydrogen-bond acceptors (Lipinski definition) is 4. The van der Waals surface area contributed by atoms with E-state index < -0.39 is 18.0 Å². The van der Waals surface area contributed by atoms with Gasteiger partial charge < -0.3 is 15.4 Å². The minimum atomic E-state index is -0.746. The van der Waals surface area contributed by atoms with E-state index in [1.807, 2.05) is 13.8 Å². The third-order valence-corrected chi connectivity index (χ3v) is 3.51. The van der Waals surface area contributed by atoms with Gasteiger partial charge >= 0.3 is 12.0 Å². The number of rotatable bonds is 4. The normalized spacial score (nSPS) is 14.8. The van der Waals surface area contributed by atoms with Crippen molar-refractivity contribution in [3.63, 3.8) is 0 Å². The molecule has 0 saturated carbocycles. The maximum Gasteiger partial charge on any atom is 0.328 e. The summed E-state index contributed by atoms with van der Waals surface area (Å²) < 4.78 is 4.74. The van der Waals surface area contributed by atoms with Crippen molar-refractivity contribution in [1.82, 2.24) is 5.32 Å². The predicted octanol–water partition coefficient (Wildman–Crippen LogP) is 1.74. The van der Waals surface area contributed by atoms with Crippen molar-refractivity contribution in [2.75, 3.05) is 23.9 Å². The molecule has 0 unspecified atom stereocenters. The Hall–Kier alpha value is -2.57. The summed E-state index contributed by atoms with van der Waals surface area (Å²) in [6.45, 7) is 3.80. The van der Waals surface area contributed by atoms with Crippen LogP contribution in [0.4, 0.5) is 16.2 Å². The Kier molecular flexibility index (Phi) is 5.20. The second-order valence-electron chi connectivity index (χ2n) is 5.81. The molecule has 0 radical (unpaired) electrons. The van der Waals surface area contributed by atoms with Crippen LogP contribution in [0, 0.1) is 5.92 Å². The number of amides is 3. The van der Waals surface area contributed by atoms with E-state index in [1.165, 1.54) is 12.0 Å². The van der Waals surface area contributed by atoms with Gasteiger partial charge in [-0.15, -0.1) is 0 Å². The van der Waals surface area contributed by atoms with E-state index in [0.29, 0.717) is 17.8 Å². The van der Waals surface area contributed by atoms with Crippen molar-refractivity contribution in [2.24, 2.45) is 5.92 Å². The standard InChI is InChI=1S/C16H21N3O4/c1-10(2)8-12(15(21)23-3)18-16(22)19-9-14(20)17-11-6-4-5-7-13(11)19/h4-7,10,12H,8-9H2,1-3H3,(H,17,20)(H,18,22)/t12-/m0/s1. The van der Waals surface area contributed by atoms with Crippen molar-refractivity contribution >= 4 is 29.3 Å². The zero-order valence-electron chi connectivity index (χ0n) is 13.5. The molecule has 23 heavy (non-hydrogen) atoms. The summed E-state index contributed by atoms with van der Waals surface area (Å²) in [6, 6.07) is 5.77. The number of ether oxygens (including phenoxy) is 1. The Morgan fingerprint density at radius 2 is 2.04 bits per heavy atom. The minimum absolute atomic E-state index is 0.0988. The summed E-state index contributed by atoms with van der Waals surface area (Å²) in [6.07, 6.45) is 0.458. The second-order valence-corrected chi connectivity index (χ2v) is 5.81. The molecular formula is C16H21N3O4. The summed E-state index contributed by atoms with van der Waals surface area (Å²) in [5, 5.41) is 5.37. The molecular weight excluding hydrogens is 298 g/mol. The van der Waals surface area contributed by atoms with E-state index in [1.54, 1.807) is 24.3 Å². The highest BCUT2D eigenvalue weighted by molar-refractivity contribution is 6.09. The Morgan fingerprint density at radius 3 is 2.70 bits per heavy atom. The van der Waals surface area contributed by atoms with Crippen molar-refractivity contribution < 1.29 is 19.1 Å². The van der Waals surface area contributed by atoms with Gasteiger partial charge in [0, 0.05) is 0 Å². The molecule has 1 aromatic rings. The molecule has 124 valence electrons. The van der Waals surface area contributed by atoms with Crippen molar-refractivity contribution in [1.29, 1.82) is 0 Å². The zero-order valence-corrected chi connectivity index (χ0v) is 13.5.